The Balaban J connectivity index is 0.000000209. The highest BCUT2D eigenvalue weighted by molar-refractivity contribution is 9.10. The van der Waals surface area contributed by atoms with Crippen molar-refractivity contribution >= 4 is 134 Å². The van der Waals surface area contributed by atoms with Gasteiger partial charge >= 0.3 is 7.12 Å². The number of nitrogen functional groups attached to an aromatic ring is 2. The Bertz CT molecular complexity index is 4060. The number of anilines is 6. The lowest BCUT2D eigenvalue weighted by Crippen LogP contribution is -2.41. The summed E-state index contributed by atoms with van der Waals surface area (Å²) in [7, 11) is -3.40. The highest BCUT2D eigenvalue weighted by Crippen LogP contribution is 2.37. The Morgan fingerprint density at radius 1 is 0.552 bits per heavy atom. The maximum atomic E-state index is 13.2. The van der Waals surface area contributed by atoms with Gasteiger partial charge in [0.05, 0.1) is 55.4 Å². The molecule has 1 saturated heterocycles. The molecule has 6 aromatic heterocycles. The number of hydrogen-bond donors (Lipinski definition) is 6. The molecule has 87 heavy (non-hydrogen) atoms. The van der Waals surface area contributed by atoms with E-state index in [2.05, 4.69) is 66.5 Å². The van der Waals surface area contributed by atoms with Crippen LogP contribution >= 0.6 is 49.8 Å². The van der Waals surface area contributed by atoms with E-state index in [0.717, 1.165) is 74.5 Å². The third-order valence-electron chi connectivity index (χ3n) is 12.3. The van der Waals surface area contributed by atoms with Gasteiger partial charge in [0.15, 0.2) is 0 Å². The van der Waals surface area contributed by atoms with Crippen molar-refractivity contribution in [3.8, 4) is 22.3 Å². The van der Waals surface area contributed by atoms with E-state index >= 15 is 0 Å². The number of carbonyl (C=O) groups excluding carboxylic acids is 3. The fourth-order valence-corrected chi connectivity index (χ4v) is 10.6. The number of benzene rings is 2. The fourth-order valence-electron chi connectivity index (χ4n) is 7.13. The summed E-state index contributed by atoms with van der Waals surface area (Å²) in [6.45, 7) is 17.6. The van der Waals surface area contributed by atoms with Crippen molar-refractivity contribution in [2.45, 2.75) is 90.2 Å². The lowest BCUT2D eigenvalue weighted by molar-refractivity contribution is -0.115. The molecule has 30 heteroatoms. The first kappa shape index (κ1) is 70.0. The van der Waals surface area contributed by atoms with E-state index in [0.29, 0.717) is 40.0 Å². The minimum atomic E-state index is -4.06. The molecule has 0 aliphatic carbocycles. The average Bonchev–Trinajstić information content (AvgIpc) is 2.00. The zero-order valence-electron chi connectivity index (χ0n) is 48.3. The van der Waals surface area contributed by atoms with Crippen molar-refractivity contribution in [2.24, 2.45) is 0 Å². The number of nitrogens with zero attached hydrogens (tertiary/aromatic N) is 6. The van der Waals surface area contributed by atoms with E-state index < -0.39 is 37.8 Å². The van der Waals surface area contributed by atoms with Gasteiger partial charge in [0.25, 0.3) is 19.1 Å². The van der Waals surface area contributed by atoms with Crippen LogP contribution in [0.15, 0.2) is 142 Å². The van der Waals surface area contributed by atoms with E-state index in [1.165, 1.54) is 27.0 Å². The molecule has 0 radical (unpaired) electrons. The number of sulfonamides is 1. The highest BCUT2D eigenvalue weighted by atomic mass is 79.9. The lowest BCUT2D eigenvalue weighted by Gasteiger charge is -2.32. The van der Waals surface area contributed by atoms with E-state index in [9.17, 15) is 40.0 Å². The van der Waals surface area contributed by atoms with Crippen LogP contribution in [-0.2, 0) is 42.8 Å². The number of nitrogens with two attached hydrogens (primary N) is 2. The summed E-state index contributed by atoms with van der Waals surface area (Å²) in [5.41, 5.74) is 18.2. The predicted octanol–water partition coefficient (Wildman–Crippen LogP) is 11.5. The summed E-state index contributed by atoms with van der Waals surface area (Å²) in [4.78, 5) is 57.4. The molecule has 9 rings (SSSR count). The number of halogens is 6. The maximum absolute atomic E-state index is 13.2. The van der Waals surface area contributed by atoms with Gasteiger partial charge in [-0.05, 0) is 172 Å². The Kier molecular flexibility index (Phi) is 24.3. The highest BCUT2D eigenvalue weighted by Gasteiger charge is 2.51. The minimum Gasteiger partial charge on any atom is -0.399 e. The van der Waals surface area contributed by atoms with E-state index in [-0.39, 0.29) is 54.4 Å². The van der Waals surface area contributed by atoms with Gasteiger partial charge in [-0.1, -0.05) is 23.2 Å². The Hall–Kier alpha value is -7.76. The van der Waals surface area contributed by atoms with Gasteiger partial charge in [0.2, 0.25) is 17.7 Å². The van der Waals surface area contributed by atoms with Crippen LogP contribution in [0.4, 0.5) is 43.3 Å². The van der Waals surface area contributed by atoms with E-state index in [1.807, 2.05) is 65.8 Å². The van der Waals surface area contributed by atoms with Crippen molar-refractivity contribution < 1.29 is 49.3 Å². The summed E-state index contributed by atoms with van der Waals surface area (Å²) < 4.78 is 87.8. The van der Waals surface area contributed by atoms with Crippen LogP contribution in [0, 0.1) is 32.4 Å². The molecule has 1 fully saturated rings. The molecule has 1 aliphatic rings. The summed E-state index contributed by atoms with van der Waals surface area (Å²) in [5.74, 6) is -0.443. The molecule has 1 aliphatic heterocycles. The molecule has 2 aromatic carbocycles. The maximum Gasteiger partial charge on any atom is 0.495 e. The van der Waals surface area contributed by atoms with Crippen LogP contribution in [-0.4, -0.2) is 82.8 Å². The molecule has 8 aromatic rings. The number of rotatable bonds is 10. The van der Waals surface area contributed by atoms with E-state index in [1.54, 1.807) is 68.2 Å². The molecule has 0 atom stereocenters. The van der Waals surface area contributed by atoms with Crippen molar-refractivity contribution in [1.29, 1.82) is 0 Å². The first-order valence-electron chi connectivity index (χ1n) is 25.5. The number of nitrogens with one attached hydrogen (secondary N) is 4. The fraction of sp³-hybridized carbons (Fsp3) is 0.211. The molecule has 7 heterocycles. The van der Waals surface area contributed by atoms with Gasteiger partial charge in [-0.15, -0.1) is 0 Å². The van der Waals surface area contributed by atoms with Crippen LogP contribution in [0.1, 0.15) is 65.5 Å². The number of amides is 3. The van der Waals surface area contributed by atoms with Crippen molar-refractivity contribution in [1.82, 2.24) is 29.9 Å². The van der Waals surface area contributed by atoms with Gasteiger partial charge in [-0.3, -0.25) is 34.1 Å². The van der Waals surface area contributed by atoms with E-state index in [4.69, 9.17) is 54.7 Å². The Morgan fingerprint density at radius 3 is 1.39 bits per heavy atom. The molecular formula is C57H59BBrCl3F2N12O9S2. The number of hydrogen-bond acceptors (Lipinski definition) is 17. The van der Waals surface area contributed by atoms with Gasteiger partial charge in [0, 0.05) is 84.2 Å². The number of aromatic nitrogens is 6. The van der Waals surface area contributed by atoms with Crippen LogP contribution in [0.2, 0.25) is 10.0 Å². The molecule has 0 spiro atoms. The molecule has 458 valence electrons. The van der Waals surface area contributed by atoms with Crippen molar-refractivity contribution in [3.05, 3.63) is 171 Å². The summed E-state index contributed by atoms with van der Waals surface area (Å²) in [5, 5.41) is 7.43. The normalized spacial score (nSPS) is 12.9. The monoisotopic (exact) mass is 1350 g/mol. The third kappa shape index (κ3) is 21.0. The average molecular weight is 1360 g/mol. The quantitative estimate of drug-likeness (QED) is 0.0547. The zero-order chi connectivity index (χ0) is 64.8. The van der Waals surface area contributed by atoms with Crippen LogP contribution < -0.4 is 37.6 Å². The van der Waals surface area contributed by atoms with Crippen molar-refractivity contribution in [3.63, 3.8) is 0 Å². The predicted molar refractivity (Wildman–Crippen MR) is 339 cm³/mol. The molecule has 21 nitrogen and oxygen atoms in total. The zero-order valence-corrected chi connectivity index (χ0v) is 53.8. The second-order valence-corrected chi connectivity index (χ2v) is 25.7. The SMILES string of the molecule is CC(=O)Nc1cc(-c2cnc(C)c(N)c2)ccn1.CC(=O)Nc1cc(-c2cnc(C)c(NS(=O)(=O)c3ccc(F)cc3Cl)c2)ccn1.CC(=O)Nc1cc(B2OC(C)(C)C(C)(C)O2)ccn1.Cc1ncc(Br)cc1N.O=S(=O)(Cl)c1ccc(F)cc1Cl. The molecule has 3 amide bonds. The third-order valence-corrected chi connectivity index (χ3v) is 16.4. The second kappa shape index (κ2) is 30.2. The van der Waals surface area contributed by atoms with Crippen LogP contribution in [0.3, 0.4) is 0 Å². The topological polar surface area (TPSA) is 315 Å². The Morgan fingerprint density at radius 2 is 0.966 bits per heavy atom. The van der Waals surface area contributed by atoms with Crippen LogP contribution in [0.25, 0.3) is 22.3 Å². The first-order valence-corrected chi connectivity index (χ1v) is 30.9. The summed E-state index contributed by atoms with van der Waals surface area (Å²) in [6.07, 6.45) is 9.83. The minimum absolute atomic E-state index is 0.152. The molecule has 0 saturated carbocycles. The van der Waals surface area contributed by atoms with Gasteiger partial charge in [-0.25, -0.2) is 40.6 Å². The summed E-state index contributed by atoms with van der Waals surface area (Å²) in [6, 6.07) is 21.8. The van der Waals surface area contributed by atoms with Crippen LogP contribution in [0.5, 0.6) is 0 Å². The molecule has 8 N–H and O–H groups in total. The summed E-state index contributed by atoms with van der Waals surface area (Å²) >= 11 is 14.6. The van der Waals surface area contributed by atoms with Gasteiger partial charge in [0.1, 0.15) is 38.9 Å². The molecular weight excluding hydrogens is 1300 g/mol. The second-order valence-electron chi connectivity index (χ2n) is 19.7. The first-order chi connectivity index (χ1) is 40.5. The Labute approximate surface area is 525 Å². The smallest absolute Gasteiger partial charge is 0.399 e. The number of carbonyl (C=O) groups is 3. The molecule has 0 unspecified atom stereocenters. The van der Waals surface area contributed by atoms with Crippen molar-refractivity contribution in [2.75, 3.05) is 32.1 Å². The molecule has 0 bridgehead atoms. The number of aryl methyl sites for hydroxylation is 3. The number of pyridine rings is 6. The largest absolute Gasteiger partial charge is 0.495 e. The van der Waals surface area contributed by atoms with Gasteiger partial charge < -0.3 is 36.7 Å². The standard InChI is InChI=1S/C19H16ClFN4O3S.C13H19BN2O3.C13H14N4O.C6H7BrN2.C6H3Cl2FO2S/c1-11-17(25-29(27,28)18-4-3-15(21)9-16(18)20)7-14(10-23-11)13-5-6-22-19(8-13)24-12(2)26;1-9(17)16-11-8-10(6-7-15-11)14-18-12(2,3)13(4,5)19-14;1-8-12(14)5-11(7-16-8)10-3-4-15-13(6-10)17-9(2)18;1-4-6(8)2-5(7)3-9-4;7-5-3-4(9)1-2-6(5)12(8,10)11/h3-10,25H,1-2H3,(H,22,24,26);6-8H,1-5H3,(H,15,16,17);3-7H,14H2,1-2H3,(H,15,17,18);2-3H,8H2,1H3;1-3H. The van der Waals surface area contributed by atoms with Gasteiger partial charge in [-0.2, -0.15) is 0 Å². The lowest BCUT2D eigenvalue weighted by atomic mass is 9.80.